The zero-order valence-electron chi connectivity index (χ0n) is 12.8. The maximum atomic E-state index is 5.86. The summed E-state index contributed by atoms with van der Waals surface area (Å²) in [6.45, 7) is 0. The fourth-order valence-corrected chi connectivity index (χ4v) is 2.96. The van der Waals surface area contributed by atoms with Gasteiger partial charge < -0.3 is 10.3 Å². The van der Waals surface area contributed by atoms with E-state index in [4.69, 9.17) is 5.73 Å². The summed E-state index contributed by atoms with van der Waals surface area (Å²) in [6.07, 6.45) is 3.90. The van der Waals surface area contributed by atoms with Gasteiger partial charge in [0.15, 0.2) is 0 Å². The zero-order valence-corrected chi connectivity index (χ0v) is 12.8. The minimum atomic E-state index is 0.285. The first-order valence-corrected chi connectivity index (χ1v) is 7.46. The molecular formula is C19H16N4. The van der Waals surface area contributed by atoms with Crippen LogP contribution in [0, 0.1) is 0 Å². The van der Waals surface area contributed by atoms with Gasteiger partial charge in [0, 0.05) is 41.5 Å². The van der Waals surface area contributed by atoms with E-state index in [2.05, 4.69) is 45.0 Å². The molecule has 112 valence electrons. The minimum Gasteiger partial charge on any atom is -0.368 e. The number of hydrogen-bond acceptors (Lipinski definition) is 3. The minimum absolute atomic E-state index is 0.285. The predicted octanol–water partition coefficient (Wildman–Crippen LogP) is 3.88. The maximum Gasteiger partial charge on any atom is 0.220 e. The lowest BCUT2D eigenvalue weighted by atomic mass is 10.0. The van der Waals surface area contributed by atoms with E-state index >= 15 is 0 Å². The molecule has 0 unspecified atom stereocenters. The van der Waals surface area contributed by atoms with Crippen LogP contribution in [0.2, 0.25) is 0 Å². The van der Waals surface area contributed by atoms with Gasteiger partial charge in [-0.1, -0.05) is 48.5 Å². The van der Waals surface area contributed by atoms with Crippen LogP contribution in [0.5, 0.6) is 0 Å². The number of para-hydroxylation sites is 1. The second kappa shape index (κ2) is 5.25. The van der Waals surface area contributed by atoms with Crippen molar-refractivity contribution in [2.24, 2.45) is 7.05 Å². The van der Waals surface area contributed by atoms with Crippen molar-refractivity contribution in [2.45, 2.75) is 0 Å². The normalized spacial score (nSPS) is 11.0. The van der Waals surface area contributed by atoms with Gasteiger partial charge in [0.1, 0.15) is 0 Å². The Kier molecular flexibility index (Phi) is 3.08. The Balaban J connectivity index is 2.03. The fourth-order valence-electron chi connectivity index (χ4n) is 2.96. The Morgan fingerprint density at radius 1 is 0.913 bits per heavy atom. The fraction of sp³-hybridized carbons (Fsp3) is 0.0526. The smallest absolute Gasteiger partial charge is 0.220 e. The molecule has 0 atom stereocenters. The van der Waals surface area contributed by atoms with Crippen molar-refractivity contribution in [3.8, 4) is 22.4 Å². The van der Waals surface area contributed by atoms with Gasteiger partial charge in [0.2, 0.25) is 5.95 Å². The Labute approximate surface area is 134 Å². The van der Waals surface area contributed by atoms with E-state index in [1.165, 1.54) is 5.52 Å². The molecule has 23 heavy (non-hydrogen) atoms. The number of anilines is 1. The summed E-state index contributed by atoms with van der Waals surface area (Å²) in [6, 6.07) is 18.4. The Hall–Kier alpha value is -3.14. The molecule has 0 fully saturated rings. The average Bonchev–Trinajstić information content (AvgIpc) is 2.93. The van der Waals surface area contributed by atoms with Crippen LogP contribution in [0.3, 0.4) is 0 Å². The largest absolute Gasteiger partial charge is 0.368 e. The highest BCUT2D eigenvalue weighted by atomic mass is 15.0. The summed E-state index contributed by atoms with van der Waals surface area (Å²) in [5.41, 5.74) is 11.0. The Morgan fingerprint density at radius 2 is 1.65 bits per heavy atom. The third kappa shape index (κ3) is 2.25. The van der Waals surface area contributed by atoms with Crippen LogP contribution in [-0.4, -0.2) is 14.5 Å². The number of aromatic nitrogens is 3. The molecule has 4 aromatic rings. The molecule has 0 saturated carbocycles. The second-order valence-electron chi connectivity index (χ2n) is 5.53. The van der Waals surface area contributed by atoms with Gasteiger partial charge in [0.25, 0.3) is 0 Å². The topological polar surface area (TPSA) is 56.7 Å². The van der Waals surface area contributed by atoms with Crippen molar-refractivity contribution in [3.05, 3.63) is 67.0 Å². The van der Waals surface area contributed by atoms with Crippen molar-refractivity contribution in [1.82, 2.24) is 14.5 Å². The highest BCUT2D eigenvalue weighted by Gasteiger charge is 2.15. The van der Waals surface area contributed by atoms with Gasteiger partial charge in [0.05, 0.1) is 5.69 Å². The molecule has 0 spiro atoms. The quantitative estimate of drug-likeness (QED) is 0.611. The van der Waals surface area contributed by atoms with Crippen molar-refractivity contribution in [3.63, 3.8) is 0 Å². The number of nitrogens with two attached hydrogens (primary N) is 1. The van der Waals surface area contributed by atoms with E-state index in [9.17, 15) is 0 Å². The molecule has 0 aliphatic rings. The molecule has 2 aromatic carbocycles. The summed E-state index contributed by atoms with van der Waals surface area (Å²) in [5, 5.41) is 1.16. The predicted molar refractivity (Wildman–Crippen MR) is 93.8 cm³/mol. The van der Waals surface area contributed by atoms with Crippen LogP contribution < -0.4 is 5.73 Å². The molecule has 2 heterocycles. The number of nitrogen functional groups attached to an aromatic ring is 1. The molecule has 4 rings (SSSR count). The lowest BCUT2D eigenvalue weighted by Gasteiger charge is -2.08. The van der Waals surface area contributed by atoms with Crippen LogP contribution >= 0.6 is 0 Å². The number of fused-ring (bicyclic) bond motifs is 1. The van der Waals surface area contributed by atoms with Crippen molar-refractivity contribution < 1.29 is 0 Å². The molecule has 2 aromatic heterocycles. The molecule has 0 aliphatic carbocycles. The van der Waals surface area contributed by atoms with E-state index in [1.807, 2.05) is 37.4 Å². The molecule has 2 N–H and O–H groups in total. The molecule has 0 amide bonds. The number of nitrogens with zero attached hydrogens (tertiary/aromatic N) is 3. The first-order chi connectivity index (χ1) is 11.2. The first-order valence-electron chi connectivity index (χ1n) is 7.46. The second-order valence-corrected chi connectivity index (χ2v) is 5.53. The molecule has 0 saturated heterocycles. The number of benzene rings is 2. The summed E-state index contributed by atoms with van der Waals surface area (Å²) >= 11 is 0. The molecule has 4 heteroatoms. The summed E-state index contributed by atoms with van der Waals surface area (Å²) in [7, 11) is 2.04. The lowest BCUT2D eigenvalue weighted by Crippen LogP contribution is -1.98. The van der Waals surface area contributed by atoms with Crippen molar-refractivity contribution in [1.29, 1.82) is 0 Å². The van der Waals surface area contributed by atoms with Crippen LogP contribution in [0.25, 0.3) is 33.3 Å². The van der Waals surface area contributed by atoms with Crippen molar-refractivity contribution >= 4 is 16.9 Å². The molecule has 0 radical (unpaired) electrons. The number of hydrogen-bond donors (Lipinski definition) is 1. The monoisotopic (exact) mass is 300 g/mol. The van der Waals surface area contributed by atoms with Crippen LogP contribution in [-0.2, 0) is 7.05 Å². The summed E-state index contributed by atoms with van der Waals surface area (Å²) in [4.78, 5) is 8.72. The third-order valence-electron chi connectivity index (χ3n) is 4.04. The maximum absolute atomic E-state index is 5.86. The van der Waals surface area contributed by atoms with E-state index in [-0.39, 0.29) is 5.95 Å². The van der Waals surface area contributed by atoms with Gasteiger partial charge in [-0.25, -0.2) is 9.97 Å². The van der Waals surface area contributed by atoms with Gasteiger partial charge in [-0.05, 0) is 11.6 Å². The van der Waals surface area contributed by atoms with Gasteiger partial charge in [-0.3, -0.25) is 0 Å². The highest BCUT2D eigenvalue weighted by Crippen LogP contribution is 2.35. The van der Waals surface area contributed by atoms with Gasteiger partial charge in [-0.2, -0.15) is 0 Å². The lowest BCUT2D eigenvalue weighted by molar-refractivity contribution is 0.969. The molecular weight excluding hydrogens is 284 g/mol. The summed E-state index contributed by atoms with van der Waals surface area (Å²) < 4.78 is 2.11. The van der Waals surface area contributed by atoms with E-state index in [0.29, 0.717) is 0 Å². The molecule has 0 aliphatic heterocycles. The zero-order chi connectivity index (χ0) is 15.8. The number of aryl methyl sites for hydroxylation is 1. The number of rotatable bonds is 2. The molecule has 4 nitrogen and oxygen atoms in total. The van der Waals surface area contributed by atoms with Crippen molar-refractivity contribution in [2.75, 3.05) is 5.73 Å². The van der Waals surface area contributed by atoms with E-state index in [0.717, 1.165) is 27.8 Å². The van der Waals surface area contributed by atoms with Gasteiger partial charge >= 0.3 is 0 Å². The standard InChI is InChI=1S/C19H16N4/c1-23-12-16(14-9-5-6-10-17(14)23)18-15(11-21-19(20)22-18)13-7-3-2-4-8-13/h2-12H,1H3,(H2,20,21,22). The van der Waals surface area contributed by atoms with Crippen LogP contribution in [0.15, 0.2) is 67.0 Å². The third-order valence-corrected chi connectivity index (χ3v) is 4.04. The summed E-state index contributed by atoms with van der Waals surface area (Å²) in [5.74, 6) is 0.285. The van der Waals surface area contributed by atoms with Crippen LogP contribution in [0.4, 0.5) is 5.95 Å². The molecule has 0 bridgehead atoms. The van der Waals surface area contributed by atoms with E-state index < -0.39 is 0 Å². The SMILES string of the molecule is Cn1cc(-c2nc(N)ncc2-c2ccccc2)c2ccccc21. The first kappa shape index (κ1) is 13.5. The average molecular weight is 300 g/mol. The van der Waals surface area contributed by atoms with E-state index in [1.54, 1.807) is 6.20 Å². The van der Waals surface area contributed by atoms with Gasteiger partial charge in [-0.15, -0.1) is 0 Å². The Bertz CT molecular complexity index is 987. The highest BCUT2D eigenvalue weighted by molar-refractivity contribution is 5.98. The van der Waals surface area contributed by atoms with Crippen LogP contribution in [0.1, 0.15) is 0 Å². The Morgan fingerprint density at radius 3 is 2.48 bits per heavy atom.